The lowest BCUT2D eigenvalue weighted by molar-refractivity contribution is -0.132. The van der Waals surface area contributed by atoms with Crippen LogP contribution in [0.15, 0.2) is 43.0 Å². The highest BCUT2D eigenvalue weighted by molar-refractivity contribution is 5.92. The molecule has 0 N–H and O–H groups in total. The number of aryl methyl sites for hydroxylation is 2. The van der Waals surface area contributed by atoms with Gasteiger partial charge in [0.05, 0.1) is 11.8 Å². The van der Waals surface area contributed by atoms with E-state index in [0.717, 1.165) is 59.4 Å². The van der Waals surface area contributed by atoms with Crippen LogP contribution in [0, 0.1) is 13.8 Å². The minimum absolute atomic E-state index is 0.226. The van der Waals surface area contributed by atoms with E-state index in [1.807, 2.05) is 53.3 Å². The fourth-order valence-corrected chi connectivity index (χ4v) is 4.63. The predicted molar refractivity (Wildman–Crippen MR) is 115 cm³/mol. The third-order valence-electron chi connectivity index (χ3n) is 6.37. The van der Waals surface area contributed by atoms with Crippen molar-refractivity contribution in [2.45, 2.75) is 45.6 Å². The minimum atomic E-state index is 0.226. The van der Waals surface area contributed by atoms with Crippen molar-refractivity contribution in [3.63, 3.8) is 0 Å². The summed E-state index contributed by atoms with van der Waals surface area (Å²) in [5, 5.41) is 5.78. The Morgan fingerprint density at radius 2 is 1.97 bits per heavy atom. The van der Waals surface area contributed by atoms with Gasteiger partial charge in [0, 0.05) is 54.7 Å². The Kier molecular flexibility index (Phi) is 4.73. The highest BCUT2D eigenvalue weighted by atomic mass is 16.2. The molecule has 154 valence electrons. The number of fused-ring (bicyclic) bond motifs is 3. The van der Waals surface area contributed by atoms with Gasteiger partial charge in [0.15, 0.2) is 5.65 Å². The van der Waals surface area contributed by atoms with Crippen LogP contribution in [0.3, 0.4) is 0 Å². The highest BCUT2D eigenvalue weighted by Gasteiger charge is 2.24. The van der Waals surface area contributed by atoms with Crippen LogP contribution in [0.1, 0.15) is 42.3 Å². The maximum atomic E-state index is 12.9. The number of nitrogens with zero attached hydrogens (tertiary/aromatic N) is 6. The molecule has 5 rings (SSSR count). The van der Waals surface area contributed by atoms with Gasteiger partial charge in [-0.2, -0.15) is 5.10 Å². The zero-order chi connectivity index (χ0) is 20.7. The molecule has 1 aliphatic rings. The quantitative estimate of drug-likeness (QED) is 0.524. The van der Waals surface area contributed by atoms with Crippen LogP contribution in [0.4, 0.5) is 0 Å². The Balaban J connectivity index is 1.29. The molecule has 7 heteroatoms. The number of likely N-dealkylation sites (tertiary alicyclic amines) is 1. The summed E-state index contributed by atoms with van der Waals surface area (Å²) < 4.78 is 4.08. The average molecular weight is 403 g/mol. The molecule has 7 nitrogen and oxygen atoms in total. The van der Waals surface area contributed by atoms with Gasteiger partial charge in [-0.25, -0.2) is 14.5 Å². The summed E-state index contributed by atoms with van der Waals surface area (Å²) in [7, 11) is 0. The molecule has 3 aromatic heterocycles. The number of rotatable bonds is 4. The van der Waals surface area contributed by atoms with Crippen LogP contribution in [-0.4, -0.2) is 48.0 Å². The number of hydrogen-bond donors (Lipinski definition) is 0. The van der Waals surface area contributed by atoms with E-state index in [9.17, 15) is 4.79 Å². The molecular weight excluding hydrogens is 376 g/mol. The van der Waals surface area contributed by atoms with Crippen molar-refractivity contribution in [2.24, 2.45) is 0 Å². The molecule has 0 bridgehead atoms. The Morgan fingerprint density at radius 1 is 1.17 bits per heavy atom. The first-order valence-electron chi connectivity index (χ1n) is 10.6. The third kappa shape index (κ3) is 3.24. The number of carbonyl (C=O) groups excluding carboxylic acids is 1. The molecule has 1 aromatic carbocycles. The summed E-state index contributed by atoms with van der Waals surface area (Å²) in [6.07, 6.45) is 8.85. The summed E-state index contributed by atoms with van der Waals surface area (Å²) in [6, 6.07) is 8.52. The number of piperidine rings is 1. The van der Waals surface area contributed by atoms with E-state index >= 15 is 0 Å². The van der Waals surface area contributed by atoms with Gasteiger partial charge in [0.25, 0.3) is 0 Å². The average Bonchev–Trinajstić information content (AvgIpc) is 3.42. The SMILES string of the molecule is Cc1nc2c3ccccc3nn2c(C)c1CCC(=O)N1CCC(n2ccnc2)CC1. The molecule has 0 aliphatic carbocycles. The summed E-state index contributed by atoms with van der Waals surface area (Å²) in [6.45, 7) is 5.72. The Morgan fingerprint density at radius 3 is 2.73 bits per heavy atom. The molecule has 1 aliphatic heterocycles. The second-order valence-corrected chi connectivity index (χ2v) is 8.14. The van der Waals surface area contributed by atoms with Crippen molar-refractivity contribution in [1.29, 1.82) is 0 Å². The molecule has 1 fully saturated rings. The molecule has 1 amide bonds. The fourth-order valence-electron chi connectivity index (χ4n) is 4.63. The summed E-state index contributed by atoms with van der Waals surface area (Å²) >= 11 is 0. The molecule has 4 heterocycles. The first kappa shape index (κ1) is 18.8. The van der Waals surface area contributed by atoms with Crippen molar-refractivity contribution in [3.8, 4) is 0 Å². The summed E-state index contributed by atoms with van der Waals surface area (Å²) in [5.74, 6) is 0.226. The lowest BCUT2D eigenvalue weighted by Crippen LogP contribution is -2.39. The Bertz CT molecular complexity index is 1200. The zero-order valence-electron chi connectivity index (χ0n) is 17.5. The van der Waals surface area contributed by atoms with E-state index in [4.69, 9.17) is 10.1 Å². The topological polar surface area (TPSA) is 68.3 Å². The maximum Gasteiger partial charge on any atom is 0.222 e. The van der Waals surface area contributed by atoms with Gasteiger partial charge in [0.1, 0.15) is 0 Å². The normalized spacial score (nSPS) is 15.3. The minimum Gasteiger partial charge on any atom is -0.343 e. The molecule has 0 saturated carbocycles. The van der Waals surface area contributed by atoms with E-state index < -0.39 is 0 Å². The first-order chi connectivity index (χ1) is 14.6. The van der Waals surface area contributed by atoms with Gasteiger partial charge in [-0.15, -0.1) is 0 Å². The summed E-state index contributed by atoms with van der Waals surface area (Å²) in [4.78, 5) is 23.8. The smallest absolute Gasteiger partial charge is 0.222 e. The standard InChI is InChI=1S/C23H26N6O/c1-16-19(17(2)29-23(25-16)20-5-3-4-6-21(20)26-29)7-8-22(30)27-12-9-18(10-13-27)28-14-11-24-15-28/h3-6,11,14-15,18H,7-10,12-13H2,1-2H3. The van der Waals surface area contributed by atoms with Crippen molar-refractivity contribution in [2.75, 3.05) is 13.1 Å². The second-order valence-electron chi connectivity index (χ2n) is 8.14. The Hall–Kier alpha value is -3.22. The molecule has 0 radical (unpaired) electrons. The lowest BCUT2D eigenvalue weighted by Gasteiger charge is -2.32. The molecule has 0 atom stereocenters. The molecule has 0 unspecified atom stereocenters. The monoisotopic (exact) mass is 402 g/mol. The Labute approximate surface area is 175 Å². The van der Waals surface area contributed by atoms with E-state index in [1.54, 1.807) is 0 Å². The van der Waals surface area contributed by atoms with Crippen LogP contribution in [-0.2, 0) is 11.2 Å². The molecule has 0 spiro atoms. The zero-order valence-corrected chi connectivity index (χ0v) is 17.5. The van der Waals surface area contributed by atoms with E-state index in [1.165, 1.54) is 0 Å². The van der Waals surface area contributed by atoms with Gasteiger partial charge in [-0.1, -0.05) is 12.1 Å². The number of hydrogen-bond acceptors (Lipinski definition) is 4. The summed E-state index contributed by atoms with van der Waals surface area (Å²) in [5.41, 5.74) is 5.01. The first-order valence-corrected chi connectivity index (χ1v) is 10.6. The highest BCUT2D eigenvalue weighted by Crippen LogP contribution is 2.25. The third-order valence-corrected chi connectivity index (χ3v) is 6.37. The van der Waals surface area contributed by atoms with Crippen LogP contribution >= 0.6 is 0 Å². The largest absolute Gasteiger partial charge is 0.343 e. The maximum absolute atomic E-state index is 12.9. The number of amides is 1. The van der Waals surface area contributed by atoms with Crippen molar-refractivity contribution in [3.05, 3.63) is 59.9 Å². The van der Waals surface area contributed by atoms with Crippen molar-refractivity contribution < 1.29 is 4.79 Å². The van der Waals surface area contributed by atoms with Crippen LogP contribution in [0.5, 0.6) is 0 Å². The van der Waals surface area contributed by atoms with E-state index in [0.29, 0.717) is 18.9 Å². The van der Waals surface area contributed by atoms with E-state index in [2.05, 4.69) is 22.5 Å². The number of benzene rings is 1. The van der Waals surface area contributed by atoms with Gasteiger partial charge < -0.3 is 9.47 Å². The molecule has 30 heavy (non-hydrogen) atoms. The van der Waals surface area contributed by atoms with Gasteiger partial charge in [0.2, 0.25) is 5.91 Å². The number of imidazole rings is 1. The fraction of sp³-hybridized carbons (Fsp3) is 0.391. The second kappa shape index (κ2) is 7.55. The van der Waals surface area contributed by atoms with Gasteiger partial charge in [-0.05, 0) is 50.8 Å². The molecule has 4 aromatic rings. The number of carbonyl (C=O) groups is 1. The predicted octanol–water partition coefficient (Wildman–Crippen LogP) is 3.49. The van der Waals surface area contributed by atoms with Crippen LogP contribution in [0.2, 0.25) is 0 Å². The molecular formula is C23H26N6O. The van der Waals surface area contributed by atoms with Crippen LogP contribution < -0.4 is 0 Å². The van der Waals surface area contributed by atoms with E-state index in [-0.39, 0.29) is 5.91 Å². The van der Waals surface area contributed by atoms with Crippen LogP contribution in [0.25, 0.3) is 16.6 Å². The van der Waals surface area contributed by atoms with Gasteiger partial charge in [-0.3, -0.25) is 4.79 Å². The lowest BCUT2D eigenvalue weighted by atomic mass is 10.0. The van der Waals surface area contributed by atoms with Crippen molar-refractivity contribution >= 4 is 22.5 Å². The van der Waals surface area contributed by atoms with Gasteiger partial charge >= 0.3 is 0 Å². The molecule has 1 saturated heterocycles. The number of aromatic nitrogens is 5. The van der Waals surface area contributed by atoms with Crippen molar-refractivity contribution in [1.82, 2.24) is 29.0 Å².